The number of rotatable bonds is 2. The molecule has 0 bridgehead atoms. The van der Waals surface area contributed by atoms with Crippen LogP contribution >= 0.6 is 45.3 Å². The second-order valence-corrected chi connectivity index (χ2v) is 23.2. The molecule has 1 aromatic carbocycles. The molecule has 0 saturated heterocycles. The van der Waals surface area contributed by atoms with Gasteiger partial charge in [0.2, 0.25) is 0 Å². The van der Waals surface area contributed by atoms with E-state index < -0.39 is 16.1 Å². The molecule has 0 saturated carbocycles. The van der Waals surface area contributed by atoms with Crippen LogP contribution in [0.25, 0.3) is 39.9 Å². The number of methoxy groups -OCH3 is 1. The van der Waals surface area contributed by atoms with Crippen molar-refractivity contribution in [1.82, 2.24) is 9.97 Å². The van der Waals surface area contributed by atoms with Crippen LogP contribution in [0.4, 0.5) is 0 Å². The third kappa shape index (κ3) is 2.36. The first kappa shape index (κ1) is 21.8. The second-order valence-electron chi connectivity index (χ2n) is 10.3. The van der Waals surface area contributed by atoms with Crippen LogP contribution < -0.4 is 25.5 Å². The Hall–Kier alpha value is -1.41. The first-order valence-electron chi connectivity index (χ1n) is 11.3. The molecule has 1 N–H and O–H groups in total. The number of ether oxygens (including phenoxy) is 1. The minimum atomic E-state index is -2.09. The summed E-state index contributed by atoms with van der Waals surface area (Å²) in [7, 11) is -2.34. The molecule has 34 heavy (non-hydrogen) atoms. The van der Waals surface area contributed by atoms with Crippen molar-refractivity contribution in [1.29, 1.82) is 0 Å². The van der Waals surface area contributed by atoms with Gasteiger partial charge in [0.15, 0.2) is 0 Å². The summed E-state index contributed by atoms with van der Waals surface area (Å²) in [5.41, 5.74) is 3.67. The van der Waals surface area contributed by atoms with E-state index in [4.69, 9.17) is 14.7 Å². The molecule has 4 nitrogen and oxygen atoms in total. The van der Waals surface area contributed by atoms with E-state index in [0.717, 1.165) is 31.0 Å². The fourth-order valence-electron chi connectivity index (χ4n) is 6.40. The second kappa shape index (κ2) is 6.67. The van der Waals surface area contributed by atoms with Crippen LogP contribution in [-0.4, -0.2) is 38.3 Å². The molecule has 2 aliphatic heterocycles. The van der Waals surface area contributed by atoms with E-state index in [0.29, 0.717) is 0 Å². The van der Waals surface area contributed by atoms with E-state index >= 15 is 0 Å². The standard InChI is InChI=1S/C24H24N2O2S4Si2/c1-9-25-23-17(29-9)21-15(31-23)12-11(8-27)19-13(14(28-3)20(12)34(21,6)7)16-22(33(19,4)5)18-24(32-16)26-10(2)30-18/h27H,8H2,1-7H3. The van der Waals surface area contributed by atoms with Gasteiger partial charge in [0, 0.05) is 20.9 Å². The van der Waals surface area contributed by atoms with Gasteiger partial charge in [-0.2, -0.15) is 0 Å². The number of hydrogen-bond acceptors (Lipinski definition) is 8. The molecule has 174 valence electrons. The van der Waals surface area contributed by atoms with Crippen molar-refractivity contribution in [3.8, 4) is 26.6 Å². The summed E-state index contributed by atoms with van der Waals surface area (Å²) in [5, 5.41) is 18.9. The number of aliphatic hydroxyl groups excluding tert-OH is 1. The van der Waals surface area contributed by atoms with E-state index in [-0.39, 0.29) is 6.61 Å². The average molecular weight is 557 g/mol. The Labute approximate surface area is 215 Å². The van der Waals surface area contributed by atoms with Crippen molar-refractivity contribution >= 4 is 101 Å². The first-order valence-corrected chi connectivity index (χ1v) is 20.6. The largest absolute Gasteiger partial charge is 0.496 e. The maximum absolute atomic E-state index is 10.9. The van der Waals surface area contributed by atoms with E-state index in [1.165, 1.54) is 51.0 Å². The minimum absolute atomic E-state index is 0.0623. The summed E-state index contributed by atoms with van der Waals surface area (Å²) in [6.07, 6.45) is 0. The summed E-state index contributed by atoms with van der Waals surface area (Å²) in [5.74, 6) is 1.06. The van der Waals surface area contributed by atoms with Gasteiger partial charge in [-0.15, -0.1) is 45.3 Å². The van der Waals surface area contributed by atoms with Crippen molar-refractivity contribution in [2.75, 3.05) is 7.11 Å². The van der Waals surface area contributed by atoms with Crippen LogP contribution in [0.5, 0.6) is 5.75 Å². The number of nitrogens with zero attached hydrogens (tertiary/aromatic N) is 2. The summed E-state index contributed by atoms with van der Waals surface area (Å²) < 4.78 is 9.06. The van der Waals surface area contributed by atoms with Gasteiger partial charge in [-0.05, 0) is 40.2 Å². The highest BCUT2D eigenvalue weighted by Crippen LogP contribution is 2.50. The highest BCUT2D eigenvalue weighted by molar-refractivity contribution is 7.35. The summed E-state index contributed by atoms with van der Waals surface area (Å²) in [6, 6.07) is 0. The number of aryl methyl sites for hydroxylation is 2. The number of aromatic nitrogens is 2. The Morgan fingerprint density at radius 1 is 0.735 bits per heavy atom. The third-order valence-electron chi connectivity index (χ3n) is 7.59. The Morgan fingerprint density at radius 2 is 1.24 bits per heavy atom. The van der Waals surface area contributed by atoms with Crippen molar-refractivity contribution in [3.63, 3.8) is 0 Å². The van der Waals surface area contributed by atoms with E-state index in [1.807, 2.05) is 52.5 Å². The molecule has 0 atom stereocenters. The van der Waals surface area contributed by atoms with Crippen molar-refractivity contribution < 1.29 is 9.84 Å². The number of fused-ring (bicyclic) bond motifs is 10. The molecule has 0 amide bonds. The van der Waals surface area contributed by atoms with Crippen molar-refractivity contribution in [2.24, 2.45) is 0 Å². The maximum atomic E-state index is 10.9. The number of benzene rings is 1. The van der Waals surface area contributed by atoms with Gasteiger partial charge in [-0.3, -0.25) is 0 Å². The van der Waals surface area contributed by atoms with E-state index in [2.05, 4.69) is 40.0 Å². The Kier molecular flexibility index (Phi) is 4.28. The molecule has 0 unspecified atom stereocenters. The van der Waals surface area contributed by atoms with Gasteiger partial charge in [0.1, 0.15) is 31.6 Å². The van der Waals surface area contributed by atoms with Crippen LogP contribution in [-0.2, 0) is 6.61 Å². The van der Waals surface area contributed by atoms with Gasteiger partial charge in [0.05, 0.1) is 33.1 Å². The fourth-order valence-corrected chi connectivity index (χ4v) is 21.7. The highest BCUT2D eigenvalue weighted by atomic mass is 32.1. The molecule has 0 radical (unpaired) electrons. The molecule has 0 spiro atoms. The minimum Gasteiger partial charge on any atom is -0.496 e. The van der Waals surface area contributed by atoms with Gasteiger partial charge in [-0.1, -0.05) is 26.2 Å². The summed E-state index contributed by atoms with van der Waals surface area (Å²) in [4.78, 5) is 14.7. The average Bonchev–Trinajstić information content (AvgIpc) is 3.53. The zero-order valence-electron chi connectivity index (χ0n) is 20.1. The van der Waals surface area contributed by atoms with Crippen molar-refractivity contribution in [3.05, 3.63) is 15.6 Å². The predicted molar refractivity (Wildman–Crippen MR) is 155 cm³/mol. The lowest BCUT2D eigenvalue weighted by atomic mass is 10.0. The van der Waals surface area contributed by atoms with Crippen LogP contribution in [0.2, 0.25) is 26.2 Å². The topological polar surface area (TPSA) is 55.2 Å². The zero-order chi connectivity index (χ0) is 23.9. The molecule has 2 aliphatic rings. The Balaban J connectivity index is 1.67. The molecule has 6 heterocycles. The third-order valence-corrected chi connectivity index (χ3v) is 19.8. The zero-order valence-corrected chi connectivity index (χ0v) is 25.4. The number of hydrogen-bond donors (Lipinski definition) is 1. The van der Waals surface area contributed by atoms with Crippen molar-refractivity contribution in [2.45, 2.75) is 46.6 Å². The van der Waals surface area contributed by atoms with Crippen LogP contribution in [0.15, 0.2) is 0 Å². The predicted octanol–water partition coefficient (Wildman–Crippen LogP) is 4.75. The maximum Gasteiger partial charge on any atom is 0.135 e. The van der Waals surface area contributed by atoms with Gasteiger partial charge in [-0.25, -0.2) is 9.97 Å². The number of thiazole rings is 2. The molecular formula is C24H24N2O2S4Si2. The quantitative estimate of drug-likeness (QED) is 0.319. The molecule has 0 fully saturated rings. The fraction of sp³-hybridized carbons (Fsp3) is 0.333. The van der Waals surface area contributed by atoms with E-state index in [1.54, 1.807) is 0 Å². The molecule has 4 aromatic heterocycles. The Morgan fingerprint density at radius 3 is 1.74 bits per heavy atom. The SMILES string of the molecule is COc1c2c(c(CO)c3c1[Si](C)(C)c1c-3sc3nc(C)sc13)[Si](C)(C)c1c-2sc2nc(C)sc12. The number of aliphatic hydroxyl groups is 1. The van der Waals surface area contributed by atoms with Crippen LogP contribution in [0.3, 0.4) is 0 Å². The highest BCUT2D eigenvalue weighted by Gasteiger charge is 2.52. The lowest BCUT2D eigenvalue weighted by Gasteiger charge is -2.28. The molecule has 5 aromatic rings. The molecular weight excluding hydrogens is 533 g/mol. The van der Waals surface area contributed by atoms with E-state index in [9.17, 15) is 5.11 Å². The van der Waals surface area contributed by atoms with Crippen LogP contribution in [0.1, 0.15) is 15.6 Å². The first-order chi connectivity index (χ1) is 16.1. The molecule has 7 rings (SSSR count). The van der Waals surface area contributed by atoms with Gasteiger partial charge in [0.25, 0.3) is 0 Å². The normalized spacial score (nSPS) is 16.8. The monoisotopic (exact) mass is 556 g/mol. The lowest BCUT2D eigenvalue weighted by molar-refractivity contribution is 0.283. The van der Waals surface area contributed by atoms with Gasteiger partial charge < -0.3 is 9.84 Å². The van der Waals surface area contributed by atoms with Gasteiger partial charge >= 0.3 is 0 Å². The van der Waals surface area contributed by atoms with Crippen LogP contribution in [0, 0.1) is 13.8 Å². The molecule has 10 heteroatoms. The summed E-state index contributed by atoms with van der Waals surface area (Å²) >= 11 is 7.28. The lowest BCUT2D eigenvalue weighted by Crippen LogP contribution is -2.53. The molecule has 0 aliphatic carbocycles. The number of thiophene rings is 2. The summed E-state index contributed by atoms with van der Waals surface area (Å²) in [6.45, 7) is 14.1. The Bertz CT molecular complexity index is 1590. The smallest absolute Gasteiger partial charge is 0.135 e.